The molecular weight excluding hydrogens is 304 g/mol. The van der Waals surface area contributed by atoms with Crippen molar-refractivity contribution in [2.75, 3.05) is 5.32 Å². The van der Waals surface area contributed by atoms with Gasteiger partial charge in [0.15, 0.2) is 0 Å². The third-order valence-corrected chi connectivity index (χ3v) is 4.13. The van der Waals surface area contributed by atoms with Crippen molar-refractivity contribution in [1.82, 2.24) is 15.3 Å². The second-order valence-electron chi connectivity index (χ2n) is 5.83. The highest BCUT2D eigenvalue weighted by molar-refractivity contribution is 5.99. The van der Waals surface area contributed by atoms with Crippen molar-refractivity contribution in [2.45, 2.75) is 18.9 Å². The van der Waals surface area contributed by atoms with E-state index in [4.69, 9.17) is 0 Å². The van der Waals surface area contributed by atoms with Crippen molar-refractivity contribution >= 4 is 28.5 Å². The maximum atomic E-state index is 12.1. The number of carbonyl (C=O) groups is 2. The Bertz CT molecular complexity index is 881. The first kappa shape index (κ1) is 14.4. The van der Waals surface area contributed by atoms with Crippen molar-refractivity contribution in [3.05, 3.63) is 48.5 Å². The predicted molar refractivity (Wildman–Crippen MR) is 91.3 cm³/mol. The highest BCUT2D eigenvalue weighted by Gasteiger charge is 2.27. The maximum Gasteiger partial charge on any atom is 0.246 e. The fourth-order valence-electron chi connectivity index (χ4n) is 2.84. The summed E-state index contributed by atoms with van der Waals surface area (Å²) in [5.74, 6) is 0.532. The molecule has 1 atom stereocenters. The standard InChI is InChI=1S/C18H16N4O2/c23-16-10-9-15(20-16)18(24)19-12-7-5-11(6-8-12)17-21-13-3-1-2-4-14(13)22-17/h1-8,15H,9-10H2,(H,19,24)(H,20,23)(H,21,22)/t15-/m1/s1. The first-order valence-corrected chi connectivity index (χ1v) is 7.84. The number of nitrogens with one attached hydrogen (secondary N) is 3. The van der Waals surface area contributed by atoms with Crippen LogP contribution in [0.2, 0.25) is 0 Å². The van der Waals surface area contributed by atoms with Gasteiger partial charge in [-0.25, -0.2) is 4.98 Å². The van der Waals surface area contributed by atoms with Crippen LogP contribution in [0.4, 0.5) is 5.69 Å². The summed E-state index contributed by atoms with van der Waals surface area (Å²) in [4.78, 5) is 31.1. The molecule has 6 nitrogen and oxygen atoms in total. The van der Waals surface area contributed by atoms with E-state index in [1.165, 1.54) is 0 Å². The normalized spacial score (nSPS) is 17.0. The summed E-state index contributed by atoms with van der Waals surface area (Å²) in [6.07, 6.45) is 0.949. The number of aromatic nitrogens is 2. The van der Waals surface area contributed by atoms with Crippen molar-refractivity contribution < 1.29 is 9.59 Å². The van der Waals surface area contributed by atoms with E-state index in [-0.39, 0.29) is 11.8 Å². The molecule has 4 rings (SSSR count). The molecule has 24 heavy (non-hydrogen) atoms. The third-order valence-electron chi connectivity index (χ3n) is 4.13. The number of imidazole rings is 1. The van der Waals surface area contributed by atoms with Gasteiger partial charge in [0.05, 0.1) is 11.0 Å². The Labute approximate surface area is 138 Å². The summed E-state index contributed by atoms with van der Waals surface area (Å²) in [7, 11) is 0. The number of hydrogen-bond acceptors (Lipinski definition) is 3. The molecule has 1 aliphatic heterocycles. The average molecular weight is 320 g/mol. The molecule has 2 heterocycles. The first-order chi connectivity index (χ1) is 11.7. The number of H-pyrrole nitrogens is 1. The zero-order valence-corrected chi connectivity index (χ0v) is 12.9. The van der Waals surface area contributed by atoms with Gasteiger partial charge in [0, 0.05) is 17.7 Å². The molecule has 2 aromatic carbocycles. The molecule has 120 valence electrons. The number of anilines is 1. The van der Waals surface area contributed by atoms with E-state index in [1.807, 2.05) is 48.5 Å². The molecule has 3 aromatic rings. The summed E-state index contributed by atoms with van der Waals surface area (Å²) in [5, 5.41) is 5.49. The van der Waals surface area contributed by atoms with Crippen molar-refractivity contribution in [2.24, 2.45) is 0 Å². The molecule has 0 aliphatic carbocycles. The van der Waals surface area contributed by atoms with Crippen LogP contribution in [-0.2, 0) is 9.59 Å². The zero-order chi connectivity index (χ0) is 16.5. The molecule has 0 spiro atoms. The third kappa shape index (κ3) is 2.74. The summed E-state index contributed by atoms with van der Waals surface area (Å²) in [6, 6.07) is 14.9. The Balaban J connectivity index is 1.50. The van der Waals surface area contributed by atoms with Gasteiger partial charge in [-0.1, -0.05) is 12.1 Å². The number of hydrogen-bond donors (Lipinski definition) is 3. The summed E-state index contributed by atoms with van der Waals surface area (Å²) >= 11 is 0. The average Bonchev–Trinajstić information content (AvgIpc) is 3.21. The van der Waals surface area contributed by atoms with E-state index in [2.05, 4.69) is 20.6 Å². The van der Waals surface area contributed by atoms with E-state index < -0.39 is 6.04 Å². The Morgan fingerprint density at radius 1 is 1.12 bits per heavy atom. The topological polar surface area (TPSA) is 86.9 Å². The fourth-order valence-corrected chi connectivity index (χ4v) is 2.84. The number of benzene rings is 2. The van der Waals surface area contributed by atoms with Crippen LogP contribution >= 0.6 is 0 Å². The van der Waals surface area contributed by atoms with Gasteiger partial charge < -0.3 is 15.6 Å². The SMILES string of the molecule is O=C1CC[C@H](C(=O)Nc2ccc(-c3nc4ccccc4[nH]3)cc2)N1. The van der Waals surface area contributed by atoms with Crippen molar-refractivity contribution in [3.8, 4) is 11.4 Å². The molecule has 6 heteroatoms. The van der Waals surface area contributed by atoms with Gasteiger partial charge in [-0.2, -0.15) is 0 Å². The maximum absolute atomic E-state index is 12.1. The van der Waals surface area contributed by atoms with Gasteiger partial charge in [0.2, 0.25) is 11.8 Å². The summed E-state index contributed by atoms with van der Waals surface area (Å²) in [5.41, 5.74) is 3.54. The van der Waals surface area contributed by atoms with Crippen LogP contribution in [0.1, 0.15) is 12.8 Å². The molecular formula is C18H16N4O2. The molecule has 1 aromatic heterocycles. The van der Waals surface area contributed by atoms with Crippen LogP contribution < -0.4 is 10.6 Å². The number of para-hydroxylation sites is 2. The van der Waals surface area contributed by atoms with Crippen LogP contribution in [0.25, 0.3) is 22.4 Å². The predicted octanol–water partition coefficient (Wildman–Crippen LogP) is 2.45. The molecule has 1 aliphatic rings. The van der Waals surface area contributed by atoms with Gasteiger partial charge in [-0.05, 0) is 42.8 Å². The van der Waals surface area contributed by atoms with E-state index >= 15 is 0 Å². The lowest BCUT2D eigenvalue weighted by molar-refractivity contribution is -0.122. The van der Waals surface area contributed by atoms with Crippen LogP contribution in [0.15, 0.2) is 48.5 Å². The lowest BCUT2D eigenvalue weighted by atomic mass is 10.1. The first-order valence-electron chi connectivity index (χ1n) is 7.84. The number of amides is 2. The summed E-state index contributed by atoms with van der Waals surface area (Å²) < 4.78 is 0. The molecule has 3 N–H and O–H groups in total. The Morgan fingerprint density at radius 2 is 1.92 bits per heavy atom. The van der Waals surface area contributed by atoms with E-state index in [0.717, 1.165) is 22.4 Å². The highest BCUT2D eigenvalue weighted by atomic mass is 16.2. The van der Waals surface area contributed by atoms with Crippen LogP contribution in [-0.4, -0.2) is 27.8 Å². The summed E-state index contributed by atoms with van der Waals surface area (Å²) in [6.45, 7) is 0. The zero-order valence-electron chi connectivity index (χ0n) is 12.9. The molecule has 1 saturated heterocycles. The molecule has 0 unspecified atom stereocenters. The van der Waals surface area contributed by atoms with E-state index in [0.29, 0.717) is 18.5 Å². The number of rotatable bonds is 3. The highest BCUT2D eigenvalue weighted by Crippen LogP contribution is 2.22. The monoisotopic (exact) mass is 320 g/mol. The molecule has 0 saturated carbocycles. The number of aromatic amines is 1. The molecule has 0 bridgehead atoms. The van der Waals surface area contributed by atoms with Gasteiger partial charge in [-0.15, -0.1) is 0 Å². The lowest BCUT2D eigenvalue weighted by Crippen LogP contribution is -2.37. The molecule has 0 radical (unpaired) electrons. The lowest BCUT2D eigenvalue weighted by Gasteiger charge is -2.11. The van der Waals surface area contributed by atoms with Gasteiger partial charge in [0.1, 0.15) is 11.9 Å². The fraction of sp³-hybridized carbons (Fsp3) is 0.167. The van der Waals surface area contributed by atoms with Crippen LogP contribution in [0.3, 0.4) is 0 Å². The minimum Gasteiger partial charge on any atom is -0.344 e. The van der Waals surface area contributed by atoms with Crippen molar-refractivity contribution in [3.63, 3.8) is 0 Å². The molecule has 2 amide bonds. The Kier molecular flexibility index (Phi) is 3.49. The Hall–Kier alpha value is -3.15. The minimum atomic E-state index is -0.437. The molecule has 1 fully saturated rings. The minimum absolute atomic E-state index is 0.0737. The van der Waals surface area contributed by atoms with Gasteiger partial charge in [0.25, 0.3) is 0 Å². The number of carbonyl (C=O) groups excluding carboxylic acids is 2. The van der Waals surface area contributed by atoms with E-state index in [1.54, 1.807) is 0 Å². The van der Waals surface area contributed by atoms with Crippen LogP contribution in [0, 0.1) is 0 Å². The second-order valence-corrected chi connectivity index (χ2v) is 5.83. The Morgan fingerprint density at radius 3 is 2.62 bits per heavy atom. The number of fused-ring (bicyclic) bond motifs is 1. The number of nitrogens with zero attached hydrogens (tertiary/aromatic N) is 1. The largest absolute Gasteiger partial charge is 0.344 e. The van der Waals surface area contributed by atoms with E-state index in [9.17, 15) is 9.59 Å². The quantitative estimate of drug-likeness (QED) is 0.693. The van der Waals surface area contributed by atoms with Crippen LogP contribution in [0.5, 0.6) is 0 Å². The van der Waals surface area contributed by atoms with Crippen molar-refractivity contribution in [1.29, 1.82) is 0 Å². The second kappa shape index (κ2) is 5.81. The smallest absolute Gasteiger partial charge is 0.246 e. The van der Waals surface area contributed by atoms with Gasteiger partial charge >= 0.3 is 0 Å². The van der Waals surface area contributed by atoms with Gasteiger partial charge in [-0.3, -0.25) is 9.59 Å².